The highest BCUT2D eigenvalue weighted by Crippen LogP contribution is 2.33. The van der Waals surface area contributed by atoms with Gasteiger partial charge in [-0.05, 0) is 44.7 Å². The van der Waals surface area contributed by atoms with Gasteiger partial charge in [-0.1, -0.05) is 19.3 Å². The van der Waals surface area contributed by atoms with Gasteiger partial charge in [-0.3, -0.25) is 14.3 Å². The topological polar surface area (TPSA) is 105 Å². The van der Waals surface area contributed by atoms with Gasteiger partial charge in [0.25, 0.3) is 5.56 Å². The number of hydrogen-bond donors (Lipinski definition) is 2. The zero-order valence-electron chi connectivity index (χ0n) is 20.8. The summed E-state index contributed by atoms with van der Waals surface area (Å²) in [5, 5.41) is 8.28. The Morgan fingerprint density at radius 2 is 1.89 bits per heavy atom. The second-order valence-corrected chi connectivity index (χ2v) is 9.77. The summed E-state index contributed by atoms with van der Waals surface area (Å²) in [4.78, 5) is 34.5. The monoisotopic (exact) mass is 478 g/mol. The van der Waals surface area contributed by atoms with Crippen LogP contribution in [0.1, 0.15) is 63.6 Å². The summed E-state index contributed by atoms with van der Waals surface area (Å²) < 4.78 is 7.59. The first-order chi connectivity index (χ1) is 16.9. The fourth-order valence-corrected chi connectivity index (χ4v) is 5.46. The lowest BCUT2D eigenvalue weighted by atomic mass is 9.95. The lowest BCUT2D eigenvalue weighted by molar-refractivity contribution is -0.129. The molecule has 1 aromatic carbocycles. The van der Waals surface area contributed by atoms with Crippen molar-refractivity contribution in [2.75, 3.05) is 25.5 Å². The molecule has 9 heteroatoms. The van der Waals surface area contributed by atoms with Gasteiger partial charge in [-0.15, -0.1) is 0 Å². The second-order valence-electron chi connectivity index (χ2n) is 9.77. The minimum absolute atomic E-state index is 0.132. The summed E-state index contributed by atoms with van der Waals surface area (Å²) in [7, 11) is 1.62. The normalized spacial score (nSPS) is 17.6. The number of anilines is 1. The van der Waals surface area contributed by atoms with Crippen LogP contribution in [0.2, 0.25) is 0 Å². The number of nitrogens with zero attached hydrogens (tertiary/aromatic N) is 4. The molecule has 1 aliphatic carbocycles. The van der Waals surface area contributed by atoms with Crippen LogP contribution in [0.15, 0.2) is 23.0 Å². The summed E-state index contributed by atoms with van der Waals surface area (Å²) in [5.41, 5.74) is 3.48. The number of aromatic amines is 1. The molecule has 2 aromatic heterocycles. The number of nitrogens with one attached hydrogen (secondary N) is 2. The fourth-order valence-electron chi connectivity index (χ4n) is 5.46. The summed E-state index contributed by atoms with van der Waals surface area (Å²) in [6.07, 6.45) is 7.49. The van der Waals surface area contributed by atoms with Crippen LogP contribution in [0.25, 0.3) is 22.4 Å². The first kappa shape index (κ1) is 23.4. The number of carbonyl (C=O) groups excluding carboxylic acids is 1. The number of ether oxygens (including phenoxy) is 1. The van der Waals surface area contributed by atoms with E-state index in [1.165, 1.54) is 19.3 Å². The number of benzene rings is 1. The van der Waals surface area contributed by atoms with Gasteiger partial charge in [0.05, 0.1) is 24.4 Å². The molecule has 9 nitrogen and oxygen atoms in total. The van der Waals surface area contributed by atoms with E-state index in [2.05, 4.69) is 10.3 Å². The third-order valence-electron chi connectivity index (χ3n) is 7.41. The number of rotatable bonds is 5. The van der Waals surface area contributed by atoms with E-state index in [0.717, 1.165) is 55.7 Å². The molecule has 0 radical (unpaired) electrons. The molecule has 1 saturated carbocycles. The van der Waals surface area contributed by atoms with E-state index >= 15 is 0 Å². The summed E-state index contributed by atoms with van der Waals surface area (Å²) in [5.74, 6) is 1.25. The molecule has 2 aliphatic rings. The maximum absolute atomic E-state index is 13.2. The summed E-state index contributed by atoms with van der Waals surface area (Å²) >= 11 is 0. The van der Waals surface area contributed by atoms with Gasteiger partial charge >= 0.3 is 0 Å². The lowest BCUT2D eigenvalue weighted by Crippen LogP contribution is -2.41. The largest absolute Gasteiger partial charge is 0.496 e. The van der Waals surface area contributed by atoms with Crippen molar-refractivity contribution < 1.29 is 9.53 Å². The van der Waals surface area contributed by atoms with Crippen molar-refractivity contribution in [2.24, 2.45) is 0 Å². The second kappa shape index (κ2) is 9.71. The van der Waals surface area contributed by atoms with Gasteiger partial charge in [-0.25, -0.2) is 4.98 Å². The number of piperidine rings is 1. The number of methoxy groups -OCH3 is 1. The Morgan fingerprint density at radius 3 is 2.57 bits per heavy atom. The number of amides is 1. The van der Waals surface area contributed by atoms with Gasteiger partial charge in [0.2, 0.25) is 5.91 Å². The van der Waals surface area contributed by atoms with E-state index in [9.17, 15) is 9.59 Å². The molecule has 186 valence electrons. The number of fused-ring (bicyclic) bond motifs is 1. The number of aryl methyl sites for hydroxylation is 1. The van der Waals surface area contributed by atoms with Gasteiger partial charge in [0, 0.05) is 37.8 Å². The number of H-pyrrole nitrogens is 1. The van der Waals surface area contributed by atoms with Gasteiger partial charge in [0.1, 0.15) is 17.1 Å². The lowest BCUT2D eigenvalue weighted by Gasteiger charge is -2.32. The fraction of sp³-hybridized carbons (Fsp3) is 0.538. The van der Waals surface area contributed by atoms with Crippen molar-refractivity contribution >= 4 is 22.6 Å². The highest BCUT2D eigenvalue weighted by molar-refractivity contribution is 5.80. The Morgan fingerprint density at radius 1 is 1.14 bits per heavy atom. The Hall–Kier alpha value is -3.36. The van der Waals surface area contributed by atoms with Gasteiger partial charge in [0.15, 0.2) is 5.52 Å². The molecule has 0 unspecified atom stereocenters. The van der Waals surface area contributed by atoms with Crippen LogP contribution in [-0.4, -0.2) is 56.8 Å². The zero-order valence-corrected chi connectivity index (χ0v) is 20.8. The van der Waals surface area contributed by atoms with E-state index in [1.54, 1.807) is 14.0 Å². The average molecular weight is 479 g/mol. The highest BCUT2D eigenvalue weighted by Gasteiger charge is 2.24. The van der Waals surface area contributed by atoms with Crippen molar-refractivity contribution in [1.82, 2.24) is 24.6 Å². The zero-order chi connectivity index (χ0) is 24.5. The third kappa shape index (κ3) is 4.63. The molecule has 1 aliphatic heterocycles. The van der Waals surface area contributed by atoms with E-state index in [-0.39, 0.29) is 17.5 Å². The maximum atomic E-state index is 13.2. The molecule has 0 atom stereocenters. The number of aromatic nitrogens is 4. The van der Waals surface area contributed by atoms with E-state index in [4.69, 9.17) is 14.8 Å². The Bertz CT molecular complexity index is 1280. The standard InChI is InChI=1S/C26H34N6O3/c1-16-23-24(32(30-16)20-7-5-4-6-8-20)26(34)29-25(28-23)21-10-9-19(15-22(21)35-3)27-18-11-13-31(14-12-18)17(2)33/h9-10,15,18,20,27H,4-8,11-14H2,1-3H3,(H,28,29,34). The van der Waals surface area contributed by atoms with Crippen LogP contribution in [0, 0.1) is 6.92 Å². The molecule has 0 spiro atoms. The van der Waals surface area contributed by atoms with Crippen LogP contribution in [-0.2, 0) is 4.79 Å². The third-order valence-corrected chi connectivity index (χ3v) is 7.41. The van der Waals surface area contributed by atoms with Gasteiger partial charge < -0.3 is 19.9 Å². The summed E-state index contributed by atoms with van der Waals surface area (Å²) in [6.45, 7) is 5.07. The average Bonchev–Trinajstić information content (AvgIpc) is 3.21. The van der Waals surface area contributed by atoms with Gasteiger partial charge in [-0.2, -0.15) is 5.10 Å². The van der Waals surface area contributed by atoms with E-state index < -0.39 is 0 Å². The molecule has 35 heavy (non-hydrogen) atoms. The molecule has 5 rings (SSSR count). The van der Waals surface area contributed by atoms with E-state index in [0.29, 0.717) is 28.6 Å². The minimum Gasteiger partial charge on any atom is -0.496 e. The van der Waals surface area contributed by atoms with Crippen LogP contribution in [0.5, 0.6) is 5.75 Å². The molecule has 2 N–H and O–H groups in total. The van der Waals surface area contributed by atoms with Crippen LogP contribution in [0.4, 0.5) is 5.69 Å². The quantitative estimate of drug-likeness (QED) is 0.574. The minimum atomic E-state index is -0.169. The molecular formula is C26H34N6O3. The first-order valence-electron chi connectivity index (χ1n) is 12.6. The molecule has 0 bridgehead atoms. The molecule has 1 amide bonds. The maximum Gasteiger partial charge on any atom is 0.277 e. The van der Waals surface area contributed by atoms with Crippen molar-refractivity contribution in [2.45, 2.75) is 70.9 Å². The predicted octanol–water partition coefficient (Wildman–Crippen LogP) is 4.03. The van der Waals surface area contributed by atoms with Crippen LogP contribution < -0.4 is 15.6 Å². The number of likely N-dealkylation sites (tertiary alicyclic amines) is 1. The number of carbonyl (C=O) groups is 1. The Kier molecular flexibility index (Phi) is 6.49. The molecule has 3 aromatic rings. The summed E-state index contributed by atoms with van der Waals surface area (Å²) in [6, 6.07) is 6.41. The Labute approximate surface area is 204 Å². The number of hydrogen-bond acceptors (Lipinski definition) is 6. The van der Waals surface area contributed by atoms with Crippen LogP contribution >= 0.6 is 0 Å². The van der Waals surface area contributed by atoms with Crippen molar-refractivity contribution in [3.63, 3.8) is 0 Å². The molecular weight excluding hydrogens is 444 g/mol. The van der Waals surface area contributed by atoms with E-state index in [1.807, 2.05) is 34.7 Å². The van der Waals surface area contributed by atoms with Crippen molar-refractivity contribution in [3.05, 3.63) is 34.2 Å². The molecule has 1 saturated heterocycles. The van der Waals surface area contributed by atoms with Crippen LogP contribution in [0.3, 0.4) is 0 Å². The first-order valence-corrected chi connectivity index (χ1v) is 12.6. The highest BCUT2D eigenvalue weighted by atomic mass is 16.5. The van der Waals surface area contributed by atoms with Crippen molar-refractivity contribution in [1.29, 1.82) is 0 Å². The SMILES string of the molecule is COc1cc(NC2CCN(C(C)=O)CC2)ccc1-c1nc2c(C)nn(C3CCCCC3)c2c(=O)[nH]1. The smallest absolute Gasteiger partial charge is 0.277 e. The molecule has 3 heterocycles. The molecule has 2 fully saturated rings. The predicted molar refractivity (Wildman–Crippen MR) is 136 cm³/mol. The van der Waals surface area contributed by atoms with Crippen molar-refractivity contribution in [3.8, 4) is 17.1 Å². The Balaban J connectivity index is 1.42.